The van der Waals surface area contributed by atoms with Gasteiger partial charge < -0.3 is 15.6 Å². The number of carbonyl (C=O) groups is 1. The summed E-state index contributed by atoms with van der Waals surface area (Å²) in [6.07, 6.45) is 0.513. The van der Waals surface area contributed by atoms with Crippen LogP contribution < -0.4 is 10.5 Å². The van der Waals surface area contributed by atoms with Crippen LogP contribution in [0.1, 0.15) is 17.5 Å². The first-order valence-electron chi connectivity index (χ1n) is 6.63. The Morgan fingerprint density at radius 3 is 2.77 bits per heavy atom. The molecule has 0 bridgehead atoms. The highest BCUT2D eigenvalue weighted by atomic mass is 79.9. The number of nitrogens with two attached hydrogens (primary N) is 1. The van der Waals surface area contributed by atoms with Crippen LogP contribution in [0.2, 0.25) is 0 Å². The number of anilines is 1. The summed E-state index contributed by atoms with van der Waals surface area (Å²) in [5.74, 6) is -0.758. The largest absolute Gasteiger partial charge is 0.488 e. The van der Waals surface area contributed by atoms with E-state index in [1.54, 1.807) is 30.3 Å². The average Bonchev–Trinajstić information content (AvgIpc) is 2.48. The fraction of sp³-hybridized carbons (Fsp3) is 0.188. The molecule has 0 amide bonds. The van der Waals surface area contributed by atoms with Crippen molar-refractivity contribution in [3.63, 3.8) is 0 Å². The normalized spacial score (nSPS) is 10.5. The smallest absolute Gasteiger partial charge is 0.303 e. The van der Waals surface area contributed by atoms with E-state index in [2.05, 4.69) is 15.9 Å². The van der Waals surface area contributed by atoms with E-state index in [1.807, 2.05) is 0 Å². The Hall–Kier alpha value is -2.08. The summed E-state index contributed by atoms with van der Waals surface area (Å²) < 4.78 is 20.0. The van der Waals surface area contributed by atoms with Crippen molar-refractivity contribution in [3.8, 4) is 5.75 Å². The van der Waals surface area contributed by atoms with Crippen molar-refractivity contribution >= 4 is 27.6 Å². The maximum absolute atomic E-state index is 13.8. The number of hydrogen-bond acceptors (Lipinski definition) is 3. The molecule has 116 valence electrons. The molecular weight excluding hydrogens is 353 g/mol. The predicted molar refractivity (Wildman–Crippen MR) is 85.2 cm³/mol. The van der Waals surface area contributed by atoms with E-state index in [4.69, 9.17) is 15.6 Å². The summed E-state index contributed by atoms with van der Waals surface area (Å²) in [7, 11) is 0. The van der Waals surface area contributed by atoms with Gasteiger partial charge in [-0.3, -0.25) is 4.79 Å². The molecule has 0 aliphatic carbocycles. The average molecular weight is 368 g/mol. The van der Waals surface area contributed by atoms with E-state index in [0.717, 1.165) is 5.56 Å². The van der Waals surface area contributed by atoms with Gasteiger partial charge in [0.1, 0.15) is 12.4 Å². The van der Waals surface area contributed by atoms with Crippen molar-refractivity contribution in [2.45, 2.75) is 19.4 Å². The fourth-order valence-corrected chi connectivity index (χ4v) is 2.48. The maximum atomic E-state index is 13.8. The molecule has 2 rings (SSSR count). The van der Waals surface area contributed by atoms with Gasteiger partial charge >= 0.3 is 5.97 Å². The number of ether oxygens (including phenoxy) is 1. The second-order valence-corrected chi connectivity index (χ2v) is 5.62. The predicted octanol–water partition coefficient (Wildman–Crippen LogP) is 3.77. The van der Waals surface area contributed by atoms with E-state index >= 15 is 0 Å². The number of nitrogen functional groups attached to an aromatic ring is 1. The number of carboxylic acid groups (broad SMARTS) is 1. The molecule has 2 aromatic carbocycles. The molecule has 0 atom stereocenters. The molecule has 0 heterocycles. The number of rotatable bonds is 6. The van der Waals surface area contributed by atoms with E-state index in [-0.39, 0.29) is 18.7 Å². The van der Waals surface area contributed by atoms with Crippen molar-refractivity contribution in [2.75, 3.05) is 5.73 Å². The number of aliphatic carboxylic acids is 1. The van der Waals surface area contributed by atoms with Gasteiger partial charge in [-0.15, -0.1) is 0 Å². The lowest BCUT2D eigenvalue weighted by atomic mass is 10.1. The van der Waals surface area contributed by atoms with Crippen molar-refractivity contribution in [3.05, 3.63) is 57.8 Å². The van der Waals surface area contributed by atoms with Gasteiger partial charge in [0.05, 0.1) is 10.2 Å². The lowest BCUT2D eigenvalue weighted by molar-refractivity contribution is -0.136. The van der Waals surface area contributed by atoms with Gasteiger partial charge in [-0.25, -0.2) is 4.39 Å². The van der Waals surface area contributed by atoms with Crippen molar-refractivity contribution in [1.82, 2.24) is 0 Å². The molecule has 0 radical (unpaired) electrons. The van der Waals surface area contributed by atoms with Crippen LogP contribution in [0.4, 0.5) is 10.1 Å². The molecular formula is C16H15BrFNO3. The standard InChI is InChI=1S/C16H15BrFNO3/c17-12-8-10(5-7-15(20)21)4-6-14(12)22-9-11-2-1-3-13(19)16(11)18/h1-4,6,8H,5,7,9,19H2,(H,20,21). The highest BCUT2D eigenvalue weighted by molar-refractivity contribution is 9.10. The van der Waals surface area contributed by atoms with Crippen molar-refractivity contribution in [1.29, 1.82) is 0 Å². The van der Waals surface area contributed by atoms with Crippen LogP contribution in [0.25, 0.3) is 0 Å². The fourth-order valence-electron chi connectivity index (χ4n) is 1.93. The molecule has 0 aliphatic heterocycles. The summed E-state index contributed by atoms with van der Waals surface area (Å²) >= 11 is 3.37. The molecule has 0 unspecified atom stereocenters. The Kier molecular flexibility index (Phi) is 5.38. The van der Waals surface area contributed by atoms with Gasteiger partial charge in [-0.2, -0.15) is 0 Å². The Bertz CT molecular complexity index is 691. The Morgan fingerprint density at radius 2 is 2.09 bits per heavy atom. The first kappa shape index (κ1) is 16.3. The van der Waals surface area contributed by atoms with Crippen LogP contribution in [0, 0.1) is 5.82 Å². The van der Waals surface area contributed by atoms with Gasteiger partial charge in [0.25, 0.3) is 0 Å². The minimum atomic E-state index is -0.839. The molecule has 22 heavy (non-hydrogen) atoms. The van der Waals surface area contributed by atoms with Gasteiger partial charge in [0.2, 0.25) is 0 Å². The SMILES string of the molecule is Nc1cccc(COc2ccc(CCC(=O)O)cc2Br)c1F. The molecule has 2 aromatic rings. The highest BCUT2D eigenvalue weighted by Crippen LogP contribution is 2.28. The zero-order valence-corrected chi connectivity index (χ0v) is 13.3. The third-order valence-electron chi connectivity index (χ3n) is 3.12. The summed E-state index contributed by atoms with van der Waals surface area (Å²) in [4.78, 5) is 10.6. The third kappa shape index (κ3) is 4.21. The lowest BCUT2D eigenvalue weighted by Crippen LogP contribution is -2.02. The number of benzene rings is 2. The van der Waals surface area contributed by atoms with Gasteiger partial charge in [0, 0.05) is 12.0 Å². The molecule has 0 spiro atoms. The zero-order valence-electron chi connectivity index (χ0n) is 11.7. The van der Waals surface area contributed by atoms with Crippen LogP contribution in [0.5, 0.6) is 5.75 Å². The molecule has 4 nitrogen and oxygen atoms in total. The van der Waals surface area contributed by atoms with Crippen molar-refractivity contribution in [2.24, 2.45) is 0 Å². The first-order chi connectivity index (χ1) is 10.5. The van der Waals surface area contributed by atoms with Gasteiger partial charge in [0.15, 0.2) is 5.82 Å². The molecule has 0 saturated heterocycles. The summed E-state index contributed by atoms with van der Waals surface area (Å²) in [5, 5.41) is 8.68. The number of aryl methyl sites for hydroxylation is 1. The summed E-state index contributed by atoms with van der Waals surface area (Å²) in [5.41, 5.74) is 6.86. The summed E-state index contributed by atoms with van der Waals surface area (Å²) in [6, 6.07) is 10.1. The van der Waals surface area contributed by atoms with Crippen molar-refractivity contribution < 1.29 is 19.0 Å². The van der Waals surface area contributed by atoms with E-state index in [9.17, 15) is 9.18 Å². The van der Waals surface area contributed by atoms with Crippen LogP contribution in [0.3, 0.4) is 0 Å². The highest BCUT2D eigenvalue weighted by Gasteiger charge is 2.08. The van der Waals surface area contributed by atoms with Crippen LogP contribution in [-0.4, -0.2) is 11.1 Å². The minimum absolute atomic E-state index is 0.0595. The van der Waals surface area contributed by atoms with E-state index in [1.165, 1.54) is 6.07 Å². The number of halogens is 2. The lowest BCUT2D eigenvalue weighted by Gasteiger charge is -2.11. The summed E-state index contributed by atoms with van der Waals surface area (Å²) in [6.45, 7) is 0.0595. The molecule has 6 heteroatoms. The molecule has 3 N–H and O–H groups in total. The molecule has 0 saturated carbocycles. The third-order valence-corrected chi connectivity index (χ3v) is 3.74. The maximum Gasteiger partial charge on any atom is 0.303 e. The van der Waals surface area contributed by atoms with E-state index < -0.39 is 11.8 Å². The zero-order chi connectivity index (χ0) is 16.1. The van der Waals surface area contributed by atoms with Crippen LogP contribution in [0.15, 0.2) is 40.9 Å². The second-order valence-electron chi connectivity index (χ2n) is 4.77. The van der Waals surface area contributed by atoms with Gasteiger partial charge in [-0.05, 0) is 46.1 Å². The number of carboxylic acids is 1. The topological polar surface area (TPSA) is 72.5 Å². The minimum Gasteiger partial charge on any atom is -0.488 e. The second kappa shape index (κ2) is 7.26. The van der Waals surface area contributed by atoms with Crippen LogP contribution in [-0.2, 0) is 17.8 Å². The molecule has 0 aromatic heterocycles. The van der Waals surface area contributed by atoms with E-state index in [0.29, 0.717) is 22.2 Å². The quantitative estimate of drug-likeness (QED) is 0.762. The molecule has 0 aliphatic rings. The van der Waals surface area contributed by atoms with Gasteiger partial charge in [-0.1, -0.05) is 18.2 Å². The van der Waals surface area contributed by atoms with Crippen LogP contribution >= 0.6 is 15.9 Å². The number of hydrogen-bond donors (Lipinski definition) is 2. The first-order valence-corrected chi connectivity index (χ1v) is 7.42. The Morgan fingerprint density at radius 1 is 1.32 bits per heavy atom. The Labute approximate surface area is 135 Å². The monoisotopic (exact) mass is 367 g/mol. The Balaban J connectivity index is 2.04. The molecule has 0 fully saturated rings.